The Hall–Kier alpha value is -3.69. The molecule has 4 rings (SSSR count). The zero-order chi connectivity index (χ0) is 24.1. The van der Waals surface area contributed by atoms with Crippen molar-refractivity contribution in [3.05, 3.63) is 99.7 Å². The molecule has 5 nitrogen and oxygen atoms in total. The van der Waals surface area contributed by atoms with E-state index in [0.29, 0.717) is 16.5 Å². The first-order chi connectivity index (χ1) is 16.4. The maximum atomic E-state index is 14.5. The number of hydrogen-bond donors (Lipinski definition) is 0. The minimum Gasteiger partial charge on any atom is -0.301 e. The first kappa shape index (κ1) is 23.5. The molecule has 0 aliphatic rings. The van der Waals surface area contributed by atoms with Crippen molar-refractivity contribution in [1.82, 2.24) is 4.98 Å². The van der Waals surface area contributed by atoms with E-state index in [1.165, 1.54) is 57.6 Å². The Kier molecular flexibility index (Phi) is 7.24. The smallest absolute Gasteiger partial charge is 0.251 e. The zero-order valence-electron chi connectivity index (χ0n) is 18.0. The molecule has 2 heterocycles. The fraction of sp³-hybridized carbons (Fsp3) is 0.0800. The molecule has 2 aromatic carbocycles. The molecule has 172 valence electrons. The van der Waals surface area contributed by atoms with Crippen LogP contribution in [-0.4, -0.2) is 16.8 Å². The highest BCUT2D eigenvalue weighted by molar-refractivity contribution is 7.14. The second-order valence-corrected chi connectivity index (χ2v) is 9.05. The van der Waals surface area contributed by atoms with Crippen molar-refractivity contribution in [2.45, 2.75) is 13.5 Å². The number of carbonyl (C=O) groups is 2. The lowest BCUT2D eigenvalue weighted by molar-refractivity contribution is -0.116. The van der Waals surface area contributed by atoms with E-state index in [2.05, 4.69) is 4.98 Å². The number of rotatable bonds is 7. The lowest BCUT2D eigenvalue weighted by atomic mass is 10.2. The van der Waals surface area contributed by atoms with Gasteiger partial charge in [-0.3, -0.25) is 14.5 Å². The van der Waals surface area contributed by atoms with Gasteiger partial charge in [0.25, 0.3) is 5.91 Å². The monoisotopic (exact) mass is 495 g/mol. The number of thiazole rings is 1. The molecule has 0 aliphatic carbocycles. The van der Waals surface area contributed by atoms with Crippen molar-refractivity contribution < 1.29 is 18.4 Å². The third-order valence-electron chi connectivity index (χ3n) is 4.79. The summed E-state index contributed by atoms with van der Waals surface area (Å²) < 4.78 is 27.9. The molecule has 0 radical (unpaired) electrons. The summed E-state index contributed by atoms with van der Waals surface area (Å²) in [7, 11) is 0. The van der Waals surface area contributed by atoms with Crippen molar-refractivity contribution in [3.63, 3.8) is 0 Å². The first-order valence-electron chi connectivity index (χ1n) is 10.2. The van der Waals surface area contributed by atoms with Crippen LogP contribution in [0.15, 0.2) is 77.5 Å². The maximum absolute atomic E-state index is 14.5. The van der Waals surface area contributed by atoms with Crippen LogP contribution in [0.2, 0.25) is 0 Å². The molecule has 0 fully saturated rings. The fourth-order valence-corrected chi connectivity index (χ4v) is 4.79. The highest BCUT2D eigenvalue weighted by Crippen LogP contribution is 2.29. The van der Waals surface area contributed by atoms with E-state index in [9.17, 15) is 18.4 Å². The quantitative estimate of drug-likeness (QED) is 0.278. The van der Waals surface area contributed by atoms with E-state index in [0.717, 1.165) is 17.0 Å². The number of aromatic nitrogens is 1. The van der Waals surface area contributed by atoms with Crippen LogP contribution in [0.1, 0.15) is 17.5 Å². The van der Waals surface area contributed by atoms with E-state index in [4.69, 9.17) is 0 Å². The predicted octanol–water partition coefficient (Wildman–Crippen LogP) is 6.41. The first-order valence-corrected chi connectivity index (χ1v) is 12.0. The normalized spacial score (nSPS) is 11.0. The van der Waals surface area contributed by atoms with Gasteiger partial charge in [-0.1, -0.05) is 24.3 Å². The van der Waals surface area contributed by atoms with Gasteiger partial charge >= 0.3 is 0 Å². The van der Waals surface area contributed by atoms with Crippen LogP contribution in [0.4, 0.5) is 25.3 Å². The van der Waals surface area contributed by atoms with Crippen molar-refractivity contribution in [2.24, 2.45) is 0 Å². The molecule has 0 bridgehead atoms. The van der Waals surface area contributed by atoms with Crippen LogP contribution in [0.3, 0.4) is 0 Å². The molecule has 0 aliphatic heterocycles. The van der Waals surface area contributed by atoms with Crippen LogP contribution in [0, 0.1) is 11.6 Å². The SMILES string of the molecule is CC(=O)N(c1ccccc1)c1nc(C=CC(=O)N(Cc2cccs2)c2ccc(F)cc2F)cs1. The molecule has 2 aromatic heterocycles. The van der Waals surface area contributed by atoms with Crippen LogP contribution >= 0.6 is 22.7 Å². The van der Waals surface area contributed by atoms with E-state index in [1.54, 1.807) is 5.38 Å². The number of anilines is 3. The highest BCUT2D eigenvalue weighted by atomic mass is 32.1. The van der Waals surface area contributed by atoms with Gasteiger partial charge in [0.1, 0.15) is 11.6 Å². The molecule has 2 amide bonds. The van der Waals surface area contributed by atoms with Gasteiger partial charge in [0.05, 0.1) is 23.6 Å². The Morgan fingerprint density at radius 3 is 2.50 bits per heavy atom. The van der Waals surface area contributed by atoms with Gasteiger partial charge < -0.3 is 4.90 Å². The standard InChI is InChI=1S/C25H19F2N3O2S2/c1-17(31)30(20-6-3-2-4-7-20)25-28-19(16-34-25)10-12-24(32)29(15-21-8-5-13-33-21)23-11-9-18(26)14-22(23)27/h2-14,16H,15H2,1H3. The lowest BCUT2D eigenvalue weighted by Crippen LogP contribution is -2.29. The second kappa shape index (κ2) is 10.5. The van der Waals surface area contributed by atoms with Crippen LogP contribution in [0.25, 0.3) is 6.08 Å². The van der Waals surface area contributed by atoms with Crippen molar-refractivity contribution in [2.75, 3.05) is 9.80 Å². The third kappa shape index (κ3) is 5.44. The summed E-state index contributed by atoms with van der Waals surface area (Å²) in [4.78, 5) is 33.3. The minimum atomic E-state index is -0.825. The van der Waals surface area contributed by atoms with Gasteiger partial charge in [-0.2, -0.15) is 0 Å². The van der Waals surface area contributed by atoms with E-state index in [-0.39, 0.29) is 18.1 Å². The average molecular weight is 496 g/mol. The summed E-state index contributed by atoms with van der Waals surface area (Å²) in [6.45, 7) is 1.59. The number of thiophene rings is 1. The molecule has 0 unspecified atom stereocenters. The summed E-state index contributed by atoms with van der Waals surface area (Å²) in [5.74, 6) is -2.22. The van der Waals surface area contributed by atoms with Gasteiger partial charge in [-0.15, -0.1) is 22.7 Å². The van der Waals surface area contributed by atoms with E-state index in [1.807, 2.05) is 47.8 Å². The predicted molar refractivity (Wildman–Crippen MR) is 132 cm³/mol. The summed E-state index contributed by atoms with van der Waals surface area (Å²) in [6, 6.07) is 15.9. The lowest BCUT2D eigenvalue weighted by Gasteiger charge is -2.21. The van der Waals surface area contributed by atoms with Crippen LogP contribution < -0.4 is 9.80 Å². The summed E-state index contributed by atoms with van der Waals surface area (Å²) in [6.07, 6.45) is 2.80. The molecule has 0 saturated carbocycles. The molecule has 0 N–H and O–H groups in total. The van der Waals surface area contributed by atoms with Crippen LogP contribution in [-0.2, 0) is 16.1 Å². The number of halogens is 2. The molecular formula is C25H19F2N3O2S2. The molecule has 0 saturated heterocycles. The van der Waals surface area contributed by atoms with Gasteiger partial charge in [-0.25, -0.2) is 13.8 Å². The Balaban J connectivity index is 1.58. The Bertz CT molecular complexity index is 1320. The number of hydrogen-bond acceptors (Lipinski definition) is 5. The van der Waals surface area contributed by atoms with Crippen LogP contribution in [0.5, 0.6) is 0 Å². The number of nitrogens with zero attached hydrogens (tertiary/aromatic N) is 3. The fourth-order valence-electron chi connectivity index (χ4n) is 3.25. The molecule has 4 aromatic rings. The number of benzene rings is 2. The zero-order valence-corrected chi connectivity index (χ0v) is 19.7. The summed E-state index contributed by atoms with van der Waals surface area (Å²) >= 11 is 2.69. The third-order valence-corrected chi connectivity index (χ3v) is 6.49. The molecule has 34 heavy (non-hydrogen) atoms. The Morgan fingerprint density at radius 1 is 1.03 bits per heavy atom. The van der Waals surface area contributed by atoms with Gasteiger partial charge in [0.15, 0.2) is 5.13 Å². The average Bonchev–Trinajstić information content (AvgIpc) is 3.49. The maximum Gasteiger partial charge on any atom is 0.251 e. The molecule has 9 heteroatoms. The second-order valence-electron chi connectivity index (χ2n) is 7.18. The highest BCUT2D eigenvalue weighted by Gasteiger charge is 2.20. The molecule has 0 atom stereocenters. The van der Waals surface area contributed by atoms with Crippen molar-refractivity contribution in [1.29, 1.82) is 0 Å². The van der Waals surface area contributed by atoms with Gasteiger partial charge in [0, 0.05) is 29.3 Å². The van der Waals surface area contributed by atoms with E-state index >= 15 is 0 Å². The summed E-state index contributed by atoms with van der Waals surface area (Å²) in [5, 5.41) is 4.05. The molecule has 0 spiro atoms. The summed E-state index contributed by atoms with van der Waals surface area (Å²) in [5.41, 5.74) is 1.14. The van der Waals surface area contributed by atoms with Gasteiger partial charge in [-0.05, 0) is 41.8 Å². The Labute approximate surface area is 203 Å². The Morgan fingerprint density at radius 2 is 1.82 bits per heavy atom. The number of carbonyl (C=O) groups excluding carboxylic acids is 2. The topological polar surface area (TPSA) is 53.5 Å². The largest absolute Gasteiger partial charge is 0.301 e. The molecular weight excluding hydrogens is 476 g/mol. The van der Waals surface area contributed by atoms with Gasteiger partial charge in [0.2, 0.25) is 5.91 Å². The van der Waals surface area contributed by atoms with Crippen molar-refractivity contribution >= 4 is 57.1 Å². The number of para-hydroxylation sites is 1. The van der Waals surface area contributed by atoms with E-state index < -0.39 is 17.5 Å². The number of amides is 2. The van der Waals surface area contributed by atoms with Crippen molar-refractivity contribution in [3.8, 4) is 0 Å². The minimum absolute atomic E-state index is 0.0183.